The van der Waals surface area contributed by atoms with Gasteiger partial charge < -0.3 is 5.32 Å². The first-order valence-electron chi connectivity index (χ1n) is 6.93. The van der Waals surface area contributed by atoms with Crippen molar-refractivity contribution in [3.63, 3.8) is 0 Å². The number of carbonyl (C=O) groups excluding carboxylic acids is 2. The molecule has 1 aliphatic rings. The molecule has 1 fully saturated rings. The molecule has 0 saturated carbocycles. The summed E-state index contributed by atoms with van der Waals surface area (Å²) in [6.45, 7) is 0.164. The summed E-state index contributed by atoms with van der Waals surface area (Å²) in [5.74, 6) is -0.262. The molecule has 0 unspecified atom stereocenters. The quantitative estimate of drug-likeness (QED) is 0.571. The third-order valence-corrected chi connectivity index (χ3v) is 4.88. The van der Waals surface area contributed by atoms with E-state index in [2.05, 4.69) is 27.9 Å². The molecule has 0 aliphatic carbocycles. The molecule has 116 valence electrons. The van der Waals surface area contributed by atoms with Gasteiger partial charge in [0.1, 0.15) is 0 Å². The molecule has 2 aromatic carbocycles. The van der Waals surface area contributed by atoms with Crippen LogP contribution in [0.4, 0.5) is 10.5 Å². The summed E-state index contributed by atoms with van der Waals surface area (Å²) >= 11 is 3.20. The lowest BCUT2D eigenvalue weighted by atomic mass is 10.2. The zero-order valence-corrected chi connectivity index (χ0v) is 15.0. The predicted molar refractivity (Wildman–Crippen MR) is 102 cm³/mol. The van der Waals surface area contributed by atoms with Gasteiger partial charge in [0.05, 0.1) is 11.6 Å². The van der Waals surface area contributed by atoms with Crippen LogP contribution in [-0.2, 0) is 4.79 Å². The third-order valence-electron chi connectivity index (χ3n) is 3.26. The Balaban J connectivity index is 1.69. The molecule has 23 heavy (non-hydrogen) atoms. The standard InChI is InChI=1S/C17H13IN2O2S/c18-13-6-8-14(9-7-13)19-11-20-16(21)15(23-17(20)22)10-12-4-2-1-3-5-12/h1-10,19H,11H2/b15-10+. The van der Waals surface area contributed by atoms with Crippen LogP contribution >= 0.6 is 34.4 Å². The highest BCUT2D eigenvalue weighted by atomic mass is 127. The SMILES string of the molecule is O=C1S/C(=C/c2ccccc2)C(=O)N1CNc1ccc(I)cc1. The summed E-state index contributed by atoms with van der Waals surface area (Å²) < 4.78 is 1.13. The fraction of sp³-hybridized carbons (Fsp3) is 0.0588. The Morgan fingerprint density at radius 1 is 1.04 bits per heavy atom. The Hall–Kier alpha value is -1.80. The van der Waals surface area contributed by atoms with Crippen molar-refractivity contribution < 1.29 is 9.59 Å². The van der Waals surface area contributed by atoms with Crippen LogP contribution in [0.2, 0.25) is 0 Å². The number of carbonyl (C=O) groups is 2. The molecule has 0 radical (unpaired) electrons. The molecule has 2 amide bonds. The fourth-order valence-electron chi connectivity index (χ4n) is 2.08. The maximum atomic E-state index is 12.4. The minimum Gasteiger partial charge on any atom is -0.367 e. The average Bonchev–Trinajstić information content (AvgIpc) is 2.82. The topological polar surface area (TPSA) is 49.4 Å². The molecule has 0 atom stereocenters. The summed E-state index contributed by atoms with van der Waals surface area (Å²) in [5, 5.41) is 2.84. The van der Waals surface area contributed by atoms with Crippen molar-refractivity contribution >= 4 is 57.3 Å². The lowest BCUT2D eigenvalue weighted by Gasteiger charge is -2.14. The molecule has 4 nitrogen and oxygen atoms in total. The monoisotopic (exact) mass is 436 g/mol. The highest BCUT2D eigenvalue weighted by Crippen LogP contribution is 2.32. The van der Waals surface area contributed by atoms with Gasteiger partial charge in [0.25, 0.3) is 11.1 Å². The first kappa shape index (κ1) is 16.1. The molecule has 1 saturated heterocycles. The zero-order valence-electron chi connectivity index (χ0n) is 12.0. The molecule has 6 heteroatoms. The van der Waals surface area contributed by atoms with Gasteiger partial charge in [-0.2, -0.15) is 0 Å². The Labute approximate surface area is 152 Å². The van der Waals surface area contributed by atoms with Crippen molar-refractivity contribution in [1.29, 1.82) is 0 Å². The van der Waals surface area contributed by atoms with Crippen molar-refractivity contribution in [3.8, 4) is 0 Å². The van der Waals surface area contributed by atoms with Crippen LogP contribution in [0, 0.1) is 3.57 Å². The molecule has 3 rings (SSSR count). The van der Waals surface area contributed by atoms with Gasteiger partial charge in [0.15, 0.2) is 0 Å². The predicted octanol–water partition coefficient (Wildman–Crippen LogP) is 4.40. The summed E-state index contributed by atoms with van der Waals surface area (Å²) in [4.78, 5) is 26.1. The number of thioether (sulfide) groups is 1. The van der Waals surface area contributed by atoms with Crippen molar-refractivity contribution in [2.45, 2.75) is 0 Å². The molecule has 0 bridgehead atoms. The van der Waals surface area contributed by atoms with Crippen molar-refractivity contribution in [2.24, 2.45) is 0 Å². The van der Waals surface area contributed by atoms with Gasteiger partial charge in [-0.05, 0) is 70.3 Å². The van der Waals surface area contributed by atoms with E-state index in [1.807, 2.05) is 54.6 Å². The maximum absolute atomic E-state index is 12.4. The average molecular weight is 436 g/mol. The summed E-state index contributed by atoms with van der Waals surface area (Å²) in [6.07, 6.45) is 1.75. The molecular formula is C17H13IN2O2S. The van der Waals surface area contributed by atoms with Crippen LogP contribution in [0.15, 0.2) is 59.5 Å². The first-order chi connectivity index (χ1) is 11.1. The van der Waals surface area contributed by atoms with Crippen molar-refractivity contribution in [1.82, 2.24) is 4.90 Å². The summed E-state index contributed by atoms with van der Waals surface area (Å²) in [7, 11) is 0. The van der Waals surface area contributed by atoms with E-state index < -0.39 is 0 Å². The second kappa shape index (κ2) is 7.18. The van der Waals surface area contributed by atoms with Crippen LogP contribution < -0.4 is 5.32 Å². The fourth-order valence-corrected chi connectivity index (χ4v) is 3.27. The lowest BCUT2D eigenvalue weighted by Crippen LogP contribution is -2.33. The number of rotatable bonds is 4. The van der Waals surface area contributed by atoms with Gasteiger partial charge in [-0.15, -0.1) is 0 Å². The third kappa shape index (κ3) is 3.94. The second-order valence-electron chi connectivity index (χ2n) is 4.86. The molecule has 0 aromatic heterocycles. The maximum Gasteiger partial charge on any atom is 0.295 e. The van der Waals surface area contributed by atoms with Gasteiger partial charge >= 0.3 is 0 Å². The van der Waals surface area contributed by atoms with Crippen molar-refractivity contribution in [3.05, 3.63) is 68.6 Å². The number of benzene rings is 2. The van der Waals surface area contributed by atoms with Crippen LogP contribution in [-0.4, -0.2) is 22.7 Å². The van der Waals surface area contributed by atoms with E-state index in [1.54, 1.807) is 6.08 Å². The molecule has 0 spiro atoms. The number of nitrogens with zero attached hydrogens (tertiary/aromatic N) is 1. The Bertz CT molecular complexity index is 760. The minimum absolute atomic E-state index is 0.164. The van der Waals surface area contributed by atoms with E-state index in [0.29, 0.717) is 4.91 Å². The first-order valence-corrected chi connectivity index (χ1v) is 8.83. The van der Waals surface area contributed by atoms with Gasteiger partial charge in [-0.3, -0.25) is 14.5 Å². The molecule has 1 heterocycles. The molecular weight excluding hydrogens is 423 g/mol. The largest absolute Gasteiger partial charge is 0.367 e. The summed E-state index contributed by atoms with van der Waals surface area (Å²) in [5.41, 5.74) is 1.78. The van der Waals surface area contributed by atoms with E-state index in [1.165, 1.54) is 4.90 Å². The van der Waals surface area contributed by atoms with Crippen molar-refractivity contribution in [2.75, 3.05) is 12.0 Å². The van der Waals surface area contributed by atoms with E-state index >= 15 is 0 Å². The van der Waals surface area contributed by atoms with E-state index in [-0.39, 0.29) is 17.8 Å². The Morgan fingerprint density at radius 2 is 1.74 bits per heavy atom. The minimum atomic E-state index is -0.262. The van der Waals surface area contributed by atoms with E-state index in [9.17, 15) is 9.59 Å². The van der Waals surface area contributed by atoms with E-state index in [0.717, 1.165) is 26.6 Å². The number of amides is 2. The normalized spacial score (nSPS) is 16.2. The zero-order chi connectivity index (χ0) is 16.2. The second-order valence-corrected chi connectivity index (χ2v) is 7.10. The molecule has 2 aromatic rings. The highest BCUT2D eigenvalue weighted by molar-refractivity contribution is 14.1. The molecule has 1 N–H and O–H groups in total. The van der Waals surface area contributed by atoms with Crippen LogP contribution in [0.3, 0.4) is 0 Å². The Morgan fingerprint density at radius 3 is 2.43 bits per heavy atom. The van der Waals surface area contributed by atoms with Crippen LogP contribution in [0.25, 0.3) is 6.08 Å². The number of hydrogen-bond acceptors (Lipinski definition) is 4. The van der Waals surface area contributed by atoms with E-state index in [4.69, 9.17) is 0 Å². The van der Waals surface area contributed by atoms with Gasteiger partial charge in [-0.1, -0.05) is 30.3 Å². The Kier molecular flexibility index (Phi) is 5.02. The van der Waals surface area contributed by atoms with Crippen LogP contribution in [0.5, 0.6) is 0 Å². The van der Waals surface area contributed by atoms with Gasteiger partial charge in [-0.25, -0.2) is 0 Å². The number of imide groups is 1. The summed E-state index contributed by atoms with van der Waals surface area (Å²) in [6, 6.07) is 17.3. The number of halogens is 1. The van der Waals surface area contributed by atoms with Crippen LogP contribution in [0.1, 0.15) is 5.56 Å². The van der Waals surface area contributed by atoms with Gasteiger partial charge in [0, 0.05) is 9.26 Å². The number of nitrogens with one attached hydrogen (secondary N) is 1. The molecule has 1 aliphatic heterocycles. The van der Waals surface area contributed by atoms with Gasteiger partial charge in [0.2, 0.25) is 0 Å². The smallest absolute Gasteiger partial charge is 0.295 e. The lowest BCUT2D eigenvalue weighted by molar-refractivity contribution is -0.122. The number of anilines is 1. The highest BCUT2D eigenvalue weighted by Gasteiger charge is 2.34. The number of hydrogen-bond donors (Lipinski definition) is 1.